The average Bonchev–Trinajstić information content (AvgIpc) is 3.27. The van der Waals surface area contributed by atoms with Crippen LogP contribution in [0.5, 0.6) is 5.75 Å². The van der Waals surface area contributed by atoms with E-state index in [4.69, 9.17) is 0 Å². The van der Waals surface area contributed by atoms with E-state index in [1.165, 1.54) is 23.5 Å². The summed E-state index contributed by atoms with van der Waals surface area (Å²) in [5.74, 6) is -0.817. The van der Waals surface area contributed by atoms with Crippen molar-refractivity contribution in [3.05, 3.63) is 40.9 Å². The molecule has 0 spiro atoms. The lowest BCUT2D eigenvalue weighted by atomic mass is 10.1. The molecule has 2 heterocycles. The van der Waals surface area contributed by atoms with Crippen molar-refractivity contribution in [2.75, 3.05) is 11.9 Å². The molecule has 154 valence electrons. The summed E-state index contributed by atoms with van der Waals surface area (Å²) in [7, 11) is 0. The van der Waals surface area contributed by atoms with Crippen molar-refractivity contribution in [3.63, 3.8) is 0 Å². The number of amides is 2. The second-order valence-electron chi connectivity index (χ2n) is 7.17. The summed E-state index contributed by atoms with van der Waals surface area (Å²) >= 11 is 1.30. The van der Waals surface area contributed by atoms with Crippen LogP contribution >= 0.6 is 11.3 Å². The molecule has 1 atom stereocenters. The number of aromatic nitrogens is 1. The maximum Gasteiger partial charge on any atom is 0.573 e. The molecule has 10 heteroatoms. The molecular weight excluding hydrogens is 407 g/mol. The first-order chi connectivity index (χ1) is 13.8. The highest BCUT2D eigenvalue weighted by Gasteiger charge is 2.41. The molecule has 4 rings (SSSR count). The summed E-state index contributed by atoms with van der Waals surface area (Å²) < 4.78 is 40.5. The van der Waals surface area contributed by atoms with Crippen LogP contribution in [0.4, 0.5) is 18.3 Å². The summed E-state index contributed by atoms with van der Waals surface area (Å²) in [5, 5.41) is 3.21. The Hall–Kier alpha value is -2.62. The Morgan fingerprint density at radius 1 is 1.28 bits per heavy atom. The van der Waals surface area contributed by atoms with Crippen molar-refractivity contribution in [1.29, 1.82) is 0 Å². The monoisotopic (exact) mass is 425 g/mol. The summed E-state index contributed by atoms with van der Waals surface area (Å²) in [4.78, 5) is 31.3. The number of alkyl halides is 3. The van der Waals surface area contributed by atoms with Crippen molar-refractivity contribution in [2.45, 2.75) is 38.1 Å². The van der Waals surface area contributed by atoms with E-state index < -0.39 is 6.36 Å². The fraction of sp³-hybridized carbons (Fsp3) is 0.421. The molecule has 0 unspecified atom stereocenters. The number of benzene rings is 1. The molecule has 2 aromatic rings. The molecule has 29 heavy (non-hydrogen) atoms. The van der Waals surface area contributed by atoms with Crippen LogP contribution in [-0.2, 0) is 16.0 Å². The number of hydrogen-bond donors (Lipinski definition) is 1. The van der Waals surface area contributed by atoms with Crippen LogP contribution < -0.4 is 10.1 Å². The van der Waals surface area contributed by atoms with Gasteiger partial charge in [-0.05, 0) is 30.5 Å². The summed E-state index contributed by atoms with van der Waals surface area (Å²) in [6, 6.07) is 5.93. The predicted octanol–water partition coefficient (Wildman–Crippen LogP) is 3.58. The van der Waals surface area contributed by atoms with Crippen LogP contribution in [0.2, 0.25) is 0 Å². The summed E-state index contributed by atoms with van der Waals surface area (Å²) in [6.45, 7) is 0.458. The van der Waals surface area contributed by atoms with E-state index in [0.29, 0.717) is 24.1 Å². The minimum Gasteiger partial charge on any atom is -0.406 e. The van der Waals surface area contributed by atoms with E-state index in [1.807, 2.05) is 0 Å². The van der Waals surface area contributed by atoms with Gasteiger partial charge in [0.05, 0.1) is 5.92 Å². The molecular formula is C19H18F3N3O3S. The molecule has 1 N–H and O–H groups in total. The number of nitrogens with zero attached hydrogens (tertiary/aromatic N) is 2. The van der Waals surface area contributed by atoms with Gasteiger partial charge in [0.1, 0.15) is 5.75 Å². The smallest absolute Gasteiger partial charge is 0.406 e. The first-order valence-electron chi connectivity index (χ1n) is 9.16. The Morgan fingerprint density at radius 2 is 2.00 bits per heavy atom. The second kappa shape index (κ2) is 7.66. The molecule has 6 nitrogen and oxygen atoms in total. The van der Waals surface area contributed by atoms with Crippen molar-refractivity contribution in [1.82, 2.24) is 9.88 Å². The Labute approximate surface area is 168 Å². The fourth-order valence-electron chi connectivity index (χ4n) is 3.31. The van der Waals surface area contributed by atoms with Gasteiger partial charge in [-0.25, -0.2) is 4.98 Å². The summed E-state index contributed by atoms with van der Waals surface area (Å²) in [5.41, 5.74) is 0.794. The van der Waals surface area contributed by atoms with E-state index in [0.717, 1.165) is 23.3 Å². The number of carbonyl (C=O) groups is 2. The number of hydrogen-bond acceptors (Lipinski definition) is 5. The molecule has 1 saturated carbocycles. The van der Waals surface area contributed by atoms with Gasteiger partial charge in [-0.1, -0.05) is 12.1 Å². The summed E-state index contributed by atoms with van der Waals surface area (Å²) in [6.07, 6.45) is -0.370. The van der Waals surface area contributed by atoms with Gasteiger partial charge in [-0.15, -0.1) is 24.5 Å². The van der Waals surface area contributed by atoms with E-state index in [1.54, 1.807) is 23.2 Å². The lowest BCUT2D eigenvalue weighted by molar-refractivity contribution is -0.274. The van der Waals surface area contributed by atoms with Crippen molar-refractivity contribution >= 4 is 28.3 Å². The van der Waals surface area contributed by atoms with E-state index in [-0.39, 0.29) is 29.9 Å². The number of halogens is 3. The highest BCUT2D eigenvalue weighted by molar-refractivity contribution is 7.15. The molecule has 1 aromatic heterocycles. The van der Waals surface area contributed by atoms with Crippen LogP contribution in [0.3, 0.4) is 0 Å². The van der Waals surface area contributed by atoms with Gasteiger partial charge < -0.3 is 15.0 Å². The molecule has 1 aliphatic heterocycles. The minimum absolute atomic E-state index is 0.0328. The van der Waals surface area contributed by atoms with Gasteiger partial charge in [-0.2, -0.15) is 0 Å². The lowest BCUT2D eigenvalue weighted by Gasteiger charge is -2.14. The van der Waals surface area contributed by atoms with Crippen LogP contribution in [-0.4, -0.2) is 40.6 Å². The van der Waals surface area contributed by atoms with Crippen molar-refractivity contribution in [2.24, 2.45) is 5.92 Å². The average molecular weight is 425 g/mol. The van der Waals surface area contributed by atoms with E-state index in [9.17, 15) is 22.8 Å². The minimum atomic E-state index is -4.72. The molecule has 1 aliphatic carbocycles. The first kappa shape index (κ1) is 19.7. The zero-order valence-corrected chi connectivity index (χ0v) is 16.1. The van der Waals surface area contributed by atoms with Crippen LogP contribution in [0.1, 0.15) is 29.7 Å². The van der Waals surface area contributed by atoms with E-state index in [2.05, 4.69) is 15.0 Å². The molecule has 0 bridgehead atoms. The van der Waals surface area contributed by atoms with Crippen LogP contribution in [0.25, 0.3) is 0 Å². The number of rotatable bonds is 6. The largest absolute Gasteiger partial charge is 0.573 e. The topological polar surface area (TPSA) is 71.5 Å². The van der Waals surface area contributed by atoms with Gasteiger partial charge in [-0.3, -0.25) is 9.59 Å². The maximum absolute atomic E-state index is 12.4. The maximum atomic E-state index is 12.4. The molecule has 2 aliphatic rings. The van der Waals surface area contributed by atoms with Gasteiger partial charge in [0.15, 0.2) is 5.13 Å². The van der Waals surface area contributed by atoms with Crippen LogP contribution in [0, 0.1) is 5.92 Å². The van der Waals surface area contributed by atoms with Crippen molar-refractivity contribution < 1.29 is 27.5 Å². The Kier molecular flexibility index (Phi) is 5.20. The van der Waals surface area contributed by atoms with Gasteiger partial charge in [0.25, 0.3) is 0 Å². The van der Waals surface area contributed by atoms with Gasteiger partial charge in [0, 0.05) is 36.5 Å². The standard InChI is InChI=1S/C19H18F3N3O3S/c20-19(21,22)28-14-5-1-11(2-6-14)7-15-9-23-18(29-15)24-17(27)12-8-16(26)25(10-12)13-3-4-13/h1-2,5-6,9,12-13H,3-4,7-8,10H2,(H,23,24,27)/t12-/m0/s1. The third kappa shape index (κ3) is 5.06. The highest BCUT2D eigenvalue weighted by atomic mass is 32.1. The highest BCUT2D eigenvalue weighted by Crippen LogP contribution is 2.33. The molecule has 1 aromatic carbocycles. The number of ether oxygens (including phenoxy) is 1. The predicted molar refractivity (Wildman–Crippen MR) is 99.5 cm³/mol. The molecule has 1 saturated heterocycles. The Bertz CT molecular complexity index is 909. The van der Waals surface area contributed by atoms with Crippen molar-refractivity contribution in [3.8, 4) is 5.75 Å². The number of carbonyl (C=O) groups excluding carboxylic acids is 2. The third-order valence-corrected chi connectivity index (χ3v) is 5.75. The molecule has 2 amide bonds. The Morgan fingerprint density at radius 3 is 2.66 bits per heavy atom. The normalized spacial score (nSPS) is 19.5. The quantitative estimate of drug-likeness (QED) is 0.768. The molecule has 2 fully saturated rings. The molecule has 0 radical (unpaired) electrons. The Balaban J connectivity index is 1.31. The zero-order chi connectivity index (χ0) is 20.6. The van der Waals surface area contributed by atoms with E-state index >= 15 is 0 Å². The number of likely N-dealkylation sites (tertiary alicyclic amines) is 1. The van der Waals surface area contributed by atoms with Gasteiger partial charge in [0.2, 0.25) is 11.8 Å². The zero-order valence-electron chi connectivity index (χ0n) is 15.2. The first-order valence-corrected chi connectivity index (χ1v) is 9.98. The SMILES string of the molecule is O=C(Nc1ncc(Cc2ccc(OC(F)(F)F)cc2)s1)[C@H]1CC(=O)N(C2CC2)C1. The second-order valence-corrected chi connectivity index (χ2v) is 8.28. The fourth-order valence-corrected chi connectivity index (χ4v) is 4.16. The number of anilines is 1. The third-order valence-electron chi connectivity index (χ3n) is 4.84. The van der Waals surface area contributed by atoms with Crippen LogP contribution in [0.15, 0.2) is 30.5 Å². The lowest BCUT2D eigenvalue weighted by Crippen LogP contribution is -2.29. The number of nitrogens with one attached hydrogen (secondary N) is 1. The van der Waals surface area contributed by atoms with Gasteiger partial charge >= 0.3 is 6.36 Å². The number of thiazole rings is 1.